The molecule has 3 rings (SSSR count). The number of nitrogens with one attached hydrogen (secondary N) is 1. The lowest BCUT2D eigenvalue weighted by Crippen LogP contribution is -2.14. The summed E-state index contributed by atoms with van der Waals surface area (Å²) in [6.45, 7) is 4.15. The van der Waals surface area contributed by atoms with Crippen LogP contribution in [0.25, 0.3) is 0 Å². The van der Waals surface area contributed by atoms with E-state index in [9.17, 15) is 0 Å². The van der Waals surface area contributed by atoms with E-state index in [2.05, 4.69) is 52.4 Å². The summed E-state index contributed by atoms with van der Waals surface area (Å²) in [5.41, 5.74) is 3.93. The van der Waals surface area contributed by atoms with E-state index in [0.29, 0.717) is 6.79 Å². The number of fused-ring (bicyclic) bond motifs is 1. The second-order valence-electron chi connectivity index (χ2n) is 5.02. The van der Waals surface area contributed by atoms with Crippen molar-refractivity contribution in [3.8, 4) is 11.5 Å². The molecule has 110 valence electrons. The molecule has 0 amide bonds. The number of rotatable bonds is 5. The highest BCUT2D eigenvalue weighted by molar-refractivity contribution is 9.10. The molecule has 0 unspecified atom stereocenters. The largest absolute Gasteiger partial charge is 0.454 e. The van der Waals surface area contributed by atoms with Crippen molar-refractivity contribution in [1.82, 2.24) is 5.32 Å². The minimum absolute atomic E-state index is 0.308. The van der Waals surface area contributed by atoms with Crippen LogP contribution in [0.2, 0.25) is 0 Å². The van der Waals surface area contributed by atoms with Crippen LogP contribution in [0.1, 0.15) is 23.6 Å². The summed E-state index contributed by atoms with van der Waals surface area (Å²) < 4.78 is 11.8. The zero-order chi connectivity index (χ0) is 14.7. The maximum atomic E-state index is 5.42. The van der Waals surface area contributed by atoms with Crippen molar-refractivity contribution < 1.29 is 9.47 Å². The third kappa shape index (κ3) is 3.22. The molecule has 0 saturated carbocycles. The van der Waals surface area contributed by atoms with Crippen molar-refractivity contribution in [2.45, 2.75) is 26.4 Å². The Labute approximate surface area is 133 Å². The van der Waals surface area contributed by atoms with Gasteiger partial charge in [-0.15, -0.1) is 0 Å². The second kappa shape index (κ2) is 6.50. The zero-order valence-electron chi connectivity index (χ0n) is 12.0. The van der Waals surface area contributed by atoms with E-state index in [1.807, 2.05) is 12.1 Å². The van der Waals surface area contributed by atoms with Crippen molar-refractivity contribution >= 4 is 15.9 Å². The molecule has 0 bridgehead atoms. The predicted molar refractivity (Wildman–Crippen MR) is 86.6 cm³/mol. The van der Waals surface area contributed by atoms with Crippen molar-refractivity contribution in [2.24, 2.45) is 0 Å². The van der Waals surface area contributed by atoms with E-state index >= 15 is 0 Å². The quantitative estimate of drug-likeness (QED) is 0.885. The van der Waals surface area contributed by atoms with Crippen LogP contribution in [0, 0.1) is 0 Å². The van der Waals surface area contributed by atoms with E-state index in [1.54, 1.807) is 0 Å². The maximum absolute atomic E-state index is 5.42. The Morgan fingerprint density at radius 3 is 2.43 bits per heavy atom. The lowest BCUT2D eigenvalue weighted by atomic mass is 10.1. The summed E-state index contributed by atoms with van der Waals surface area (Å²) in [7, 11) is 0. The van der Waals surface area contributed by atoms with Gasteiger partial charge in [0.2, 0.25) is 6.79 Å². The fraction of sp³-hybridized carbons (Fsp3) is 0.294. The first-order valence-corrected chi connectivity index (χ1v) is 7.92. The van der Waals surface area contributed by atoms with Gasteiger partial charge in [0.15, 0.2) is 11.5 Å². The van der Waals surface area contributed by atoms with Crippen LogP contribution in [0.4, 0.5) is 0 Å². The number of halogens is 1. The summed E-state index contributed by atoms with van der Waals surface area (Å²) in [6.07, 6.45) is 1.06. The SMILES string of the molecule is CCc1ccccc1CNCc1cc2c(cc1Br)OCO2. The van der Waals surface area contributed by atoms with E-state index in [4.69, 9.17) is 9.47 Å². The van der Waals surface area contributed by atoms with Crippen molar-refractivity contribution in [1.29, 1.82) is 0 Å². The fourth-order valence-corrected chi connectivity index (χ4v) is 2.96. The average Bonchev–Trinajstić information content (AvgIpc) is 2.95. The molecule has 0 atom stereocenters. The number of ether oxygens (including phenoxy) is 2. The van der Waals surface area contributed by atoms with Gasteiger partial charge in [-0.25, -0.2) is 0 Å². The molecule has 0 radical (unpaired) electrons. The lowest BCUT2D eigenvalue weighted by molar-refractivity contribution is 0.174. The van der Waals surface area contributed by atoms with Gasteiger partial charge in [0, 0.05) is 17.6 Å². The first-order chi connectivity index (χ1) is 10.3. The van der Waals surface area contributed by atoms with Gasteiger partial charge in [-0.2, -0.15) is 0 Å². The van der Waals surface area contributed by atoms with Gasteiger partial charge in [0.25, 0.3) is 0 Å². The van der Waals surface area contributed by atoms with E-state index < -0.39 is 0 Å². The van der Waals surface area contributed by atoms with Crippen LogP contribution in [0.3, 0.4) is 0 Å². The first-order valence-electron chi connectivity index (χ1n) is 7.13. The summed E-state index contributed by atoms with van der Waals surface area (Å²) in [5, 5.41) is 3.50. The smallest absolute Gasteiger partial charge is 0.231 e. The second-order valence-corrected chi connectivity index (χ2v) is 5.88. The van der Waals surface area contributed by atoms with Crippen LogP contribution in [-0.2, 0) is 19.5 Å². The summed E-state index contributed by atoms with van der Waals surface area (Å²) in [5.74, 6) is 1.63. The van der Waals surface area contributed by atoms with Gasteiger partial charge >= 0.3 is 0 Å². The van der Waals surface area contributed by atoms with Crippen LogP contribution in [-0.4, -0.2) is 6.79 Å². The fourth-order valence-electron chi connectivity index (χ4n) is 2.50. The Kier molecular flexibility index (Phi) is 4.46. The molecule has 3 nitrogen and oxygen atoms in total. The Bertz CT molecular complexity index is 643. The van der Waals surface area contributed by atoms with Crippen molar-refractivity contribution in [3.63, 3.8) is 0 Å². The molecule has 21 heavy (non-hydrogen) atoms. The predicted octanol–water partition coefficient (Wildman–Crippen LogP) is 4.03. The van der Waals surface area contributed by atoms with Crippen LogP contribution in [0.5, 0.6) is 11.5 Å². The van der Waals surface area contributed by atoms with Gasteiger partial charge < -0.3 is 14.8 Å². The molecular formula is C17H18BrNO2. The molecule has 4 heteroatoms. The van der Waals surface area contributed by atoms with Crippen LogP contribution >= 0.6 is 15.9 Å². The van der Waals surface area contributed by atoms with Gasteiger partial charge in [-0.05, 0) is 35.2 Å². The minimum atomic E-state index is 0.308. The molecule has 0 spiro atoms. The van der Waals surface area contributed by atoms with Gasteiger partial charge in [-0.3, -0.25) is 0 Å². The Balaban J connectivity index is 1.66. The van der Waals surface area contributed by atoms with Gasteiger partial charge in [0.1, 0.15) is 0 Å². The summed E-state index contributed by atoms with van der Waals surface area (Å²) in [6, 6.07) is 12.6. The lowest BCUT2D eigenvalue weighted by Gasteiger charge is -2.11. The normalized spacial score (nSPS) is 12.7. The first kappa shape index (κ1) is 14.4. The number of hydrogen-bond acceptors (Lipinski definition) is 3. The molecule has 1 aliphatic rings. The molecule has 0 fully saturated rings. The highest BCUT2D eigenvalue weighted by Gasteiger charge is 2.16. The summed E-state index contributed by atoms with van der Waals surface area (Å²) in [4.78, 5) is 0. The minimum Gasteiger partial charge on any atom is -0.454 e. The molecule has 0 saturated heterocycles. The molecule has 0 aliphatic carbocycles. The zero-order valence-corrected chi connectivity index (χ0v) is 13.6. The Hall–Kier alpha value is -1.52. The molecule has 2 aromatic carbocycles. The molecule has 0 aromatic heterocycles. The third-order valence-electron chi connectivity index (χ3n) is 3.67. The van der Waals surface area contributed by atoms with Crippen molar-refractivity contribution in [3.05, 3.63) is 57.6 Å². The highest BCUT2D eigenvalue weighted by atomic mass is 79.9. The average molecular weight is 348 g/mol. The number of hydrogen-bond donors (Lipinski definition) is 1. The third-order valence-corrected chi connectivity index (χ3v) is 4.41. The molecule has 2 aromatic rings. The topological polar surface area (TPSA) is 30.5 Å². The molecule has 1 aliphatic heterocycles. The van der Waals surface area contributed by atoms with Gasteiger partial charge in [0.05, 0.1) is 0 Å². The molecule has 1 N–H and O–H groups in total. The number of aryl methyl sites for hydroxylation is 1. The van der Waals surface area contributed by atoms with E-state index in [0.717, 1.165) is 35.5 Å². The monoisotopic (exact) mass is 347 g/mol. The van der Waals surface area contributed by atoms with Crippen molar-refractivity contribution in [2.75, 3.05) is 6.79 Å². The van der Waals surface area contributed by atoms with Crippen LogP contribution < -0.4 is 14.8 Å². The highest BCUT2D eigenvalue weighted by Crippen LogP contribution is 2.36. The van der Waals surface area contributed by atoms with Gasteiger partial charge in [-0.1, -0.05) is 47.1 Å². The Morgan fingerprint density at radius 1 is 1.00 bits per heavy atom. The molecular weight excluding hydrogens is 330 g/mol. The molecule has 1 heterocycles. The summed E-state index contributed by atoms with van der Waals surface area (Å²) >= 11 is 3.59. The number of benzene rings is 2. The van der Waals surface area contributed by atoms with E-state index in [-0.39, 0.29) is 0 Å². The van der Waals surface area contributed by atoms with Crippen LogP contribution in [0.15, 0.2) is 40.9 Å². The Morgan fingerprint density at radius 2 is 1.67 bits per heavy atom. The van der Waals surface area contributed by atoms with E-state index in [1.165, 1.54) is 16.7 Å². The maximum Gasteiger partial charge on any atom is 0.231 e. The standard InChI is InChI=1S/C17H18BrNO2/c1-2-12-5-3-4-6-13(12)9-19-10-14-7-16-17(8-15(14)18)21-11-20-16/h3-8,19H,2,9-11H2,1H3.